The highest BCUT2D eigenvalue weighted by Crippen LogP contribution is 2.19. The van der Waals surface area contributed by atoms with Gasteiger partial charge in [0.1, 0.15) is 18.1 Å². The Labute approximate surface area is 208 Å². The summed E-state index contributed by atoms with van der Waals surface area (Å²) in [4.78, 5) is 63.3. The summed E-state index contributed by atoms with van der Waals surface area (Å²) in [6.45, 7) is 0.356. The number of aliphatic carboxylic acids is 1. The summed E-state index contributed by atoms with van der Waals surface area (Å²) in [5.41, 5.74) is 11.9. The number of rotatable bonds is 13. The molecule has 11 nitrogen and oxygen atoms in total. The lowest BCUT2D eigenvalue weighted by molar-refractivity contribution is -0.143. The largest absolute Gasteiger partial charge is 0.480 e. The molecule has 0 spiro atoms. The Morgan fingerprint density at radius 1 is 1.14 bits per heavy atom. The van der Waals surface area contributed by atoms with Gasteiger partial charge in [-0.15, -0.1) is 0 Å². The van der Waals surface area contributed by atoms with Crippen LogP contribution in [0.4, 0.5) is 0 Å². The summed E-state index contributed by atoms with van der Waals surface area (Å²) in [5.74, 6) is -3.23. The fraction of sp³-hybridized carbons (Fsp3) is 0.522. The summed E-state index contributed by atoms with van der Waals surface area (Å²) in [5, 5.41) is 14.4. The first-order valence-corrected chi connectivity index (χ1v) is 12.7. The van der Waals surface area contributed by atoms with Crippen LogP contribution in [0, 0.1) is 0 Å². The van der Waals surface area contributed by atoms with Crippen LogP contribution in [0.1, 0.15) is 31.2 Å². The molecule has 1 fully saturated rings. The van der Waals surface area contributed by atoms with E-state index < -0.39 is 54.3 Å². The van der Waals surface area contributed by atoms with Crippen LogP contribution in [0.25, 0.3) is 0 Å². The standard InChI is InChI=1S/C23H33N5O6S/c1-35-11-9-15(24)22(32)28-10-5-8-18(28)21(31)26-16(13-19(25)29)20(30)27-17(23(33)34)12-14-6-3-2-4-7-14/h2-4,6-7,15-18H,5,8-13,24H2,1H3,(H2,25,29)(H,26,31)(H,27,30)(H,33,34). The molecule has 2 rings (SSSR count). The third-order valence-corrected chi connectivity index (χ3v) is 6.37. The van der Waals surface area contributed by atoms with Crippen LogP contribution in [0.15, 0.2) is 30.3 Å². The number of carboxylic acids is 1. The Hall–Kier alpha value is -3.12. The average Bonchev–Trinajstić information content (AvgIpc) is 3.31. The second-order valence-corrected chi connectivity index (χ2v) is 9.38. The fourth-order valence-corrected chi connectivity index (χ4v) is 4.37. The van der Waals surface area contributed by atoms with Crippen molar-refractivity contribution < 1.29 is 29.1 Å². The van der Waals surface area contributed by atoms with E-state index in [1.807, 2.05) is 6.26 Å². The van der Waals surface area contributed by atoms with E-state index in [0.29, 0.717) is 37.1 Å². The molecule has 12 heteroatoms. The van der Waals surface area contributed by atoms with Gasteiger partial charge in [-0.05, 0) is 36.8 Å². The maximum Gasteiger partial charge on any atom is 0.326 e. The lowest BCUT2D eigenvalue weighted by Gasteiger charge is -2.28. The second-order valence-electron chi connectivity index (χ2n) is 8.40. The van der Waals surface area contributed by atoms with E-state index in [1.165, 1.54) is 4.90 Å². The van der Waals surface area contributed by atoms with Crippen LogP contribution < -0.4 is 22.1 Å². The molecule has 4 unspecified atom stereocenters. The number of benzene rings is 1. The summed E-state index contributed by atoms with van der Waals surface area (Å²) in [7, 11) is 0. The first-order chi connectivity index (χ1) is 16.6. The molecular weight excluding hydrogens is 474 g/mol. The van der Waals surface area contributed by atoms with Crippen LogP contribution in [0.5, 0.6) is 0 Å². The maximum absolute atomic E-state index is 13.0. The number of nitrogens with two attached hydrogens (primary N) is 2. The number of hydrogen-bond acceptors (Lipinski definition) is 7. The minimum Gasteiger partial charge on any atom is -0.480 e. The summed E-state index contributed by atoms with van der Waals surface area (Å²) < 4.78 is 0. The Bertz CT molecular complexity index is 915. The molecule has 7 N–H and O–H groups in total. The highest BCUT2D eigenvalue weighted by molar-refractivity contribution is 7.98. The van der Waals surface area contributed by atoms with Crippen molar-refractivity contribution >= 4 is 41.4 Å². The highest BCUT2D eigenvalue weighted by Gasteiger charge is 2.38. The van der Waals surface area contributed by atoms with Gasteiger partial charge in [0.25, 0.3) is 0 Å². The summed E-state index contributed by atoms with van der Waals surface area (Å²) in [6.07, 6.45) is 2.83. The Balaban J connectivity index is 2.09. The number of hydrogen-bond donors (Lipinski definition) is 5. The molecule has 0 aliphatic carbocycles. The highest BCUT2D eigenvalue weighted by atomic mass is 32.2. The van der Waals surface area contributed by atoms with E-state index in [1.54, 1.807) is 42.1 Å². The Kier molecular flexibility index (Phi) is 11.0. The molecule has 0 radical (unpaired) electrons. The first kappa shape index (κ1) is 28.1. The molecule has 1 saturated heterocycles. The number of amides is 4. The van der Waals surface area contributed by atoms with Gasteiger partial charge in [0.05, 0.1) is 12.5 Å². The molecule has 1 heterocycles. The molecular formula is C23H33N5O6S. The maximum atomic E-state index is 13.0. The zero-order valence-electron chi connectivity index (χ0n) is 19.6. The minimum absolute atomic E-state index is 0.0119. The molecule has 0 bridgehead atoms. The molecule has 0 aromatic heterocycles. The third-order valence-electron chi connectivity index (χ3n) is 5.72. The van der Waals surface area contributed by atoms with Gasteiger partial charge < -0.3 is 32.1 Å². The van der Waals surface area contributed by atoms with Gasteiger partial charge in [0.2, 0.25) is 23.6 Å². The normalized spacial score (nSPS) is 17.8. The van der Waals surface area contributed by atoms with Crippen molar-refractivity contribution in [3.63, 3.8) is 0 Å². The van der Waals surface area contributed by atoms with E-state index in [-0.39, 0.29) is 12.3 Å². The van der Waals surface area contributed by atoms with Crippen LogP contribution >= 0.6 is 11.8 Å². The zero-order valence-corrected chi connectivity index (χ0v) is 20.5. The quantitative estimate of drug-likeness (QED) is 0.230. The lowest BCUT2D eigenvalue weighted by atomic mass is 10.0. The van der Waals surface area contributed by atoms with Gasteiger partial charge in [-0.3, -0.25) is 19.2 Å². The first-order valence-electron chi connectivity index (χ1n) is 11.3. The number of nitrogens with one attached hydrogen (secondary N) is 2. The molecule has 4 atom stereocenters. The van der Waals surface area contributed by atoms with Crippen LogP contribution in [0.2, 0.25) is 0 Å². The van der Waals surface area contributed by atoms with E-state index in [0.717, 1.165) is 0 Å². The van der Waals surface area contributed by atoms with Crippen molar-refractivity contribution in [2.24, 2.45) is 11.5 Å². The van der Waals surface area contributed by atoms with Gasteiger partial charge in [-0.2, -0.15) is 11.8 Å². The van der Waals surface area contributed by atoms with Gasteiger partial charge in [0, 0.05) is 13.0 Å². The molecule has 4 amide bonds. The lowest BCUT2D eigenvalue weighted by Crippen LogP contribution is -2.57. The zero-order chi connectivity index (χ0) is 26.0. The second kappa shape index (κ2) is 13.7. The van der Waals surface area contributed by atoms with Crippen molar-refractivity contribution in [1.29, 1.82) is 0 Å². The molecule has 1 aromatic rings. The predicted molar refractivity (Wildman–Crippen MR) is 131 cm³/mol. The van der Waals surface area contributed by atoms with E-state index in [2.05, 4.69) is 10.6 Å². The van der Waals surface area contributed by atoms with E-state index in [4.69, 9.17) is 11.5 Å². The van der Waals surface area contributed by atoms with Crippen LogP contribution in [-0.2, 0) is 30.4 Å². The third kappa shape index (κ3) is 8.55. The Morgan fingerprint density at radius 3 is 2.43 bits per heavy atom. The number of primary amides is 1. The summed E-state index contributed by atoms with van der Waals surface area (Å²) >= 11 is 1.56. The molecule has 1 aliphatic rings. The molecule has 0 saturated carbocycles. The van der Waals surface area contributed by atoms with Crippen LogP contribution in [0.3, 0.4) is 0 Å². The van der Waals surface area contributed by atoms with Gasteiger partial charge in [-0.25, -0.2) is 4.79 Å². The number of thioether (sulfide) groups is 1. The SMILES string of the molecule is CSCCC(N)C(=O)N1CCCC1C(=O)NC(CC(N)=O)C(=O)NC(Cc1ccccc1)C(=O)O. The molecule has 35 heavy (non-hydrogen) atoms. The van der Waals surface area contributed by atoms with Gasteiger partial charge >= 0.3 is 5.97 Å². The molecule has 1 aromatic carbocycles. The van der Waals surface area contributed by atoms with Gasteiger partial charge in [0.15, 0.2) is 0 Å². The van der Waals surface area contributed by atoms with Crippen molar-refractivity contribution in [3.05, 3.63) is 35.9 Å². The topological polar surface area (TPSA) is 185 Å². The van der Waals surface area contributed by atoms with Crippen molar-refractivity contribution in [2.45, 2.75) is 56.3 Å². The molecule has 192 valence electrons. The van der Waals surface area contributed by atoms with Crippen molar-refractivity contribution in [2.75, 3.05) is 18.6 Å². The van der Waals surface area contributed by atoms with Crippen LogP contribution in [-0.4, -0.2) is 82.3 Å². The summed E-state index contributed by atoms with van der Waals surface area (Å²) in [6, 6.07) is 4.46. The minimum atomic E-state index is -1.39. The van der Waals surface area contributed by atoms with Gasteiger partial charge in [-0.1, -0.05) is 30.3 Å². The average molecular weight is 508 g/mol. The van der Waals surface area contributed by atoms with Crippen molar-refractivity contribution in [3.8, 4) is 0 Å². The predicted octanol–water partition coefficient (Wildman–Crippen LogP) is -0.770. The smallest absolute Gasteiger partial charge is 0.326 e. The number of carbonyl (C=O) groups is 5. The van der Waals surface area contributed by atoms with E-state index in [9.17, 15) is 29.1 Å². The Morgan fingerprint density at radius 2 is 1.83 bits per heavy atom. The van der Waals surface area contributed by atoms with Crippen molar-refractivity contribution in [1.82, 2.24) is 15.5 Å². The molecule has 1 aliphatic heterocycles. The number of carbonyl (C=O) groups excluding carboxylic acids is 4. The monoisotopic (exact) mass is 507 g/mol. The fourth-order valence-electron chi connectivity index (χ4n) is 3.88. The number of likely N-dealkylation sites (tertiary alicyclic amines) is 1. The number of nitrogens with zero attached hydrogens (tertiary/aromatic N) is 1. The number of carboxylic acid groups (broad SMARTS) is 1. The van der Waals surface area contributed by atoms with E-state index >= 15 is 0 Å².